The minimum absolute atomic E-state index is 0.163. The highest BCUT2D eigenvalue weighted by atomic mass is 32.2. The second-order valence-electron chi connectivity index (χ2n) is 2.04. The lowest BCUT2D eigenvalue weighted by molar-refractivity contribution is 0.922. The first-order chi connectivity index (χ1) is 5.24. The van der Waals surface area contributed by atoms with Crippen LogP contribution in [0.2, 0.25) is 0 Å². The Morgan fingerprint density at radius 2 is 2.45 bits per heavy atom. The van der Waals surface area contributed by atoms with Crippen molar-refractivity contribution in [1.82, 2.24) is 4.68 Å². The number of aromatic nitrogens is 1. The number of nitrogen functional groups attached to an aromatic ring is 1. The summed E-state index contributed by atoms with van der Waals surface area (Å²) in [5, 5.41) is 0. The van der Waals surface area contributed by atoms with Crippen LogP contribution in [0.4, 0.5) is 0 Å². The van der Waals surface area contributed by atoms with Gasteiger partial charge >= 0.3 is 0 Å². The Bertz CT molecular complexity index is 295. The number of nitrogens with two attached hydrogens (primary N) is 1. The zero-order valence-electron chi connectivity index (χ0n) is 6.28. The number of hydrogen-bond acceptors (Lipinski definition) is 3. The van der Waals surface area contributed by atoms with E-state index in [2.05, 4.69) is 0 Å². The van der Waals surface area contributed by atoms with Gasteiger partial charge in [0.15, 0.2) is 0 Å². The lowest BCUT2D eigenvalue weighted by Crippen LogP contribution is -2.25. The van der Waals surface area contributed by atoms with Crippen molar-refractivity contribution in [2.45, 2.75) is 11.8 Å². The highest BCUT2D eigenvalue weighted by molar-refractivity contribution is 7.99. The largest absolute Gasteiger partial charge is 0.336 e. The van der Waals surface area contributed by atoms with Gasteiger partial charge in [-0.1, -0.05) is 6.92 Å². The van der Waals surface area contributed by atoms with Gasteiger partial charge in [0.05, 0.1) is 0 Å². The van der Waals surface area contributed by atoms with Crippen LogP contribution in [0.15, 0.2) is 28.0 Å². The van der Waals surface area contributed by atoms with Crippen LogP contribution in [0, 0.1) is 0 Å². The summed E-state index contributed by atoms with van der Waals surface area (Å²) in [6.45, 7) is 2.04. The van der Waals surface area contributed by atoms with E-state index >= 15 is 0 Å². The summed E-state index contributed by atoms with van der Waals surface area (Å²) in [5.74, 6) is 6.25. The fourth-order valence-electron chi connectivity index (χ4n) is 0.728. The van der Waals surface area contributed by atoms with Crippen LogP contribution in [-0.2, 0) is 0 Å². The third-order valence-electron chi connectivity index (χ3n) is 1.23. The molecule has 0 atom stereocenters. The van der Waals surface area contributed by atoms with Crippen LogP contribution in [0.25, 0.3) is 0 Å². The van der Waals surface area contributed by atoms with Gasteiger partial charge in [-0.25, -0.2) is 4.68 Å². The van der Waals surface area contributed by atoms with Crippen LogP contribution < -0.4 is 11.4 Å². The van der Waals surface area contributed by atoms with E-state index in [1.165, 1.54) is 6.07 Å². The first kappa shape index (κ1) is 8.20. The Hall–Kier alpha value is -0.900. The number of rotatable bonds is 2. The Morgan fingerprint density at radius 1 is 1.73 bits per heavy atom. The molecule has 0 saturated heterocycles. The smallest absolute Gasteiger partial charge is 0.269 e. The van der Waals surface area contributed by atoms with Gasteiger partial charge in [-0.2, -0.15) is 0 Å². The fourth-order valence-corrected chi connectivity index (χ4v) is 1.40. The topological polar surface area (TPSA) is 48.0 Å². The maximum Gasteiger partial charge on any atom is 0.269 e. The van der Waals surface area contributed by atoms with Crippen molar-refractivity contribution < 1.29 is 0 Å². The molecular weight excluding hydrogens is 160 g/mol. The van der Waals surface area contributed by atoms with Crippen LogP contribution in [0.5, 0.6) is 0 Å². The lowest BCUT2D eigenvalue weighted by Gasteiger charge is -1.98. The van der Waals surface area contributed by atoms with Gasteiger partial charge < -0.3 is 5.84 Å². The number of nitrogens with zero attached hydrogens (tertiary/aromatic N) is 1. The third kappa shape index (κ3) is 2.01. The molecular formula is C7H10N2OS. The molecule has 0 aliphatic heterocycles. The van der Waals surface area contributed by atoms with Gasteiger partial charge in [-0.15, -0.1) is 11.8 Å². The molecule has 0 fully saturated rings. The summed E-state index contributed by atoms with van der Waals surface area (Å²) in [6.07, 6.45) is 1.57. The van der Waals surface area contributed by atoms with Crippen molar-refractivity contribution in [2.24, 2.45) is 0 Å². The van der Waals surface area contributed by atoms with E-state index in [0.29, 0.717) is 0 Å². The van der Waals surface area contributed by atoms with Gasteiger partial charge in [-0.05, 0) is 11.8 Å². The molecule has 1 heterocycles. The van der Waals surface area contributed by atoms with Crippen molar-refractivity contribution in [2.75, 3.05) is 11.6 Å². The highest BCUT2D eigenvalue weighted by Gasteiger charge is 1.93. The molecule has 0 aliphatic rings. The van der Waals surface area contributed by atoms with E-state index in [1.807, 2.05) is 13.0 Å². The molecule has 1 rings (SSSR count). The lowest BCUT2D eigenvalue weighted by atomic mass is 10.5. The molecule has 0 unspecified atom stereocenters. The molecule has 0 spiro atoms. The van der Waals surface area contributed by atoms with Crippen molar-refractivity contribution in [3.63, 3.8) is 0 Å². The van der Waals surface area contributed by atoms with Crippen LogP contribution >= 0.6 is 11.8 Å². The number of hydrogen-bond donors (Lipinski definition) is 1. The standard InChI is InChI=1S/C7H10N2OS/c1-2-11-6-3-4-9(8)7(10)5-6/h3-5H,2,8H2,1H3. The highest BCUT2D eigenvalue weighted by Crippen LogP contribution is 2.13. The van der Waals surface area contributed by atoms with E-state index in [4.69, 9.17) is 5.84 Å². The van der Waals surface area contributed by atoms with Gasteiger partial charge in [-0.3, -0.25) is 4.79 Å². The van der Waals surface area contributed by atoms with Gasteiger partial charge in [0.2, 0.25) is 0 Å². The summed E-state index contributed by atoms with van der Waals surface area (Å²) in [4.78, 5) is 11.9. The van der Waals surface area contributed by atoms with E-state index in [9.17, 15) is 4.79 Å². The molecule has 0 bridgehead atoms. The molecule has 60 valence electrons. The van der Waals surface area contributed by atoms with E-state index in [1.54, 1.807) is 18.0 Å². The van der Waals surface area contributed by atoms with Gasteiger partial charge in [0.1, 0.15) is 0 Å². The monoisotopic (exact) mass is 170 g/mol. The zero-order valence-corrected chi connectivity index (χ0v) is 7.10. The molecule has 0 amide bonds. The van der Waals surface area contributed by atoms with Crippen molar-refractivity contribution >= 4 is 11.8 Å². The maximum absolute atomic E-state index is 10.9. The summed E-state index contributed by atoms with van der Waals surface area (Å²) >= 11 is 1.63. The van der Waals surface area contributed by atoms with E-state index in [-0.39, 0.29) is 5.56 Å². The third-order valence-corrected chi connectivity index (χ3v) is 2.11. The summed E-state index contributed by atoms with van der Waals surface area (Å²) in [5.41, 5.74) is -0.163. The molecule has 0 radical (unpaired) electrons. The van der Waals surface area contributed by atoms with Crippen LogP contribution in [-0.4, -0.2) is 10.4 Å². The predicted octanol–water partition coefficient (Wildman–Crippen LogP) is 0.674. The predicted molar refractivity (Wildman–Crippen MR) is 47.3 cm³/mol. The van der Waals surface area contributed by atoms with Crippen molar-refractivity contribution in [1.29, 1.82) is 0 Å². The van der Waals surface area contributed by atoms with Gasteiger partial charge in [0, 0.05) is 17.2 Å². The average Bonchev–Trinajstić information content (AvgIpc) is 1.98. The molecule has 0 aromatic carbocycles. The average molecular weight is 170 g/mol. The Kier molecular flexibility index (Phi) is 2.59. The fraction of sp³-hybridized carbons (Fsp3) is 0.286. The molecule has 0 saturated carbocycles. The molecule has 11 heavy (non-hydrogen) atoms. The number of thioether (sulfide) groups is 1. The van der Waals surface area contributed by atoms with Crippen LogP contribution in [0.3, 0.4) is 0 Å². The minimum atomic E-state index is -0.163. The Balaban J connectivity index is 2.96. The first-order valence-corrected chi connectivity index (χ1v) is 4.33. The van der Waals surface area contributed by atoms with E-state index in [0.717, 1.165) is 15.3 Å². The van der Waals surface area contributed by atoms with Crippen molar-refractivity contribution in [3.8, 4) is 0 Å². The Labute approximate surface area is 69.2 Å². The second kappa shape index (κ2) is 3.48. The second-order valence-corrected chi connectivity index (χ2v) is 3.38. The SMILES string of the molecule is CCSc1ccn(N)c(=O)c1. The molecule has 0 aliphatic carbocycles. The normalized spacial score (nSPS) is 9.91. The minimum Gasteiger partial charge on any atom is -0.336 e. The Morgan fingerprint density at radius 3 is 3.00 bits per heavy atom. The molecule has 1 aromatic rings. The zero-order chi connectivity index (χ0) is 8.27. The summed E-state index contributed by atoms with van der Waals surface area (Å²) < 4.78 is 1.07. The molecule has 1 aromatic heterocycles. The molecule has 4 heteroatoms. The maximum atomic E-state index is 10.9. The van der Waals surface area contributed by atoms with Crippen molar-refractivity contribution in [3.05, 3.63) is 28.7 Å². The van der Waals surface area contributed by atoms with E-state index < -0.39 is 0 Å². The number of pyridine rings is 1. The molecule has 2 N–H and O–H groups in total. The molecule has 3 nitrogen and oxygen atoms in total. The first-order valence-electron chi connectivity index (χ1n) is 3.34. The quantitative estimate of drug-likeness (QED) is 0.524. The summed E-state index contributed by atoms with van der Waals surface area (Å²) in [7, 11) is 0. The van der Waals surface area contributed by atoms with Gasteiger partial charge in [0.25, 0.3) is 5.56 Å². The summed E-state index contributed by atoms with van der Waals surface area (Å²) in [6, 6.07) is 3.36. The van der Waals surface area contributed by atoms with Crippen LogP contribution in [0.1, 0.15) is 6.92 Å².